The van der Waals surface area contributed by atoms with Crippen molar-refractivity contribution in [3.8, 4) is 0 Å². The highest BCUT2D eigenvalue weighted by Crippen LogP contribution is 2.41. The molecule has 1 N–H and O–H groups in total. The summed E-state index contributed by atoms with van der Waals surface area (Å²) in [6, 6.07) is 29.7. The van der Waals surface area contributed by atoms with Gasteiger partial charge >= 0.3 is 0 Å². The first-order valence-corrected chi connectivity index (χ1v) is 12.2. The van der Waals surface area contributed by atoms with E-state index < -0.39 is 36.5 Å². The summed E-state index contributed by atoms with van der Waals surface area (Å²) in [6.07, 6.45) is -2.51. The van der Waals surface area contributed by atoms with Crippen molar-refractivity contribution in [2.24, 2.45) is 0 Å². The highest BCUT2D eigenvalue weighted by Gasteiger charge is 2.57. The minimum Gasteiger partial charge on any atom is -0.368 e. The second kappa shape index (κ2) is 11.0. The molecule has 6 nitrogen and oxygen atoms in total. The fraction of sp³-hybridized carbons (Fsp3) is 0.379. The van der Waals surface area contributed by atoms with Crippen LogP contribution >= 0.6 is 0 Å². The van der Waals surface area contributed by atoms with Gasteiger partial charge in [0.1, 0.15) is 24.4 Å². The number of ether oxygens (including phenoxy) is 5. The smallest absolute Gasteiger partial charge is 0.195 e. The molecule has 3 aromatic rings. The van der Waals surface area contributed by atoms with E-state index in [1.165, 1.54) is 0 Å². The first kappa shape index (κ1) is 24.1. The van der Waals surface area contributed by atoms with Gasteiger partial charge in [0.25, 0.3) is 0 Å². The first-order chi connectivity index (χ1) is 17.2. The van der Waals surface area contributed by atoms with Crippen LogP contribution in [0.4, 0.5) is 0 Å². The molecule has 5 rings (SSSR count). The van der Waals surface area contributed by atoms with Crippen LogP contribution in [0.1, 0.15) is 36.3 Å². The van der Waals surface area contributed by atoms with E-state index >= 15 is 0 Å². The van der Waals surface area contributed by atoms with Crippen molar-refractivity contribution in [1.82, 2.24) is 0 Å². The summed E-state index contributed by atoms with van der Waals surface area (Å²) in [6.45, 7) is 2.84. The van der Waals surface area contributed by atoms with E-state index in [4.69, 9.17) is 23.7 Å². The summed E-state index contributed by atoms with van der Waals surface area (Å²) in [5, 5.41) is 11.6. The Bertz CT molecular complexity index is 1050. The van der Waals surface area contributed by atoms with Gasteiger partial charge in [-0.1, -0.05) is 97.9 Å². The van der Waals surface area contributed by atoms with E-state index in [2.05, 4.69) is 0 Å². The van der Waals surface area contributed by atoms with Crippen LogP contribution in [0, 0.1) is 0 Å². The minimum absolute atomic E-state index is 0.281. The second-order valence-corrected chi connectivity index (χ2v) is 9.01. The van der Waals surface area contributed by atoms with Gasteiger partial charge in [-0.15, -0.1) is 0 Å². The van der Waals surface area contributed by atoms with Gasteiger partial charge in [-0.25, -0.2) is 0 Å². The normalized spacial score (nSPS) is 30.5. The van der Waals surface area contributed by atoms with E-state index in [0.717, 1.165) is 16.7 Å². The lowest BCUT2D eigenvalue weighted by Crippen LogP contribution is -2.68. The third-order valence-electron chi connectivity index (χ3n) is 6.62. The highest BCUT2D eigenvalue weighted by atomic mass is 16.7. The maximum Gasteiger partial charge on any atom is 0.195 e. The number of rotatable bonds is 8. The number of aliphatic hydroxyl groups is 1. The fourth-order valence-electron chi connectivity index (χ4n) is 4.70. The lowest BCUT2D eigenvalue weighted by Gasteiger charge is -2.52. The second-order valence-electron chi connectivity index (χ2n) is 9.01. The van der Waals surface area contributed by atoms with Crippen LogP contribution in [0.5, 0.6) is 0 Å². The summed E-state index contributed by atoms with van der Waals surface area (Å²) in [5.74, 6) is -1.54. The highest BCUT2D eigenvalue weighted by molar-refractivity contribution is 5.18. The predicted octanol–water partition coefficient (Wildman–Crippen LogP) is 4.77. The van der Waals surface area contributed by atoms with E-state index in [9.17, 15) is 5.11 Å². The Morgan fingerprint density at radius 1 is 0.829 bits per heavy atom. The van der Waals surface area contributed by atoms with E-state index in [-0.39, 0.29) is 6.61 Å². The third-order valence-corrected chi connectivity index (χ3v) is 6.62. The molecule has 0 amide bonds. The molecule has 0 aliphatic carbocycles. The van der Waals surface area contributed by atoms with Gasteiger partial charge in [0.05, 0.1) is 19.8 Å². The zero-order valence-corrected chi connectivity index (χ0v) is 19.9. The molecule has 2 fully saturated rings. The average molecular weight is 477 g/mol. The van der Waals surface area contributed by atoms with Gasteiger partial charge in [-0.2, -0.15) is 0 Å². The Hall–Kier alpha value is -2.58. The molecule has 6 heteroatoms. The van der Waals surface area contributed by atoms with Crippen LogP contribution in [0.2, 0.25) is 0 Å². The van der Waals surface area contributed by atoms with Gasteiger partial charge in [0, 0.05) is 12.0 Å². The molecule has 3 aromatic carbocycles. The molecule has 6 atom stereocenters. The predicted molar refractivity (Wildman–Crippen MR) is 130 cm³/mol. The maximum atomic E-state index is 11.6. The number of hydrogen-bond donors (Lipinski definition) is 1. The Morgan fingerprint density at radius 3 is 2.00 bits per heavy atom. The third kappa shape index (κ3) is 5.48. The van der Waals surface area contributed by atoms with Gasteiger partial charge in [-0.3, -0.25) is 0 Å². The Balaban J connectivity index is 1.42. The average Bonchev–Trinajstić information content (AvgIpc) is 2.92. The fourth-order valence-corrected chi connectivity index (χ4v) is 4.70. The number of benzene rings is 3. The molecule has 0 bridgehead atoms. The Morgan fingerprint density at radius 2 is 1.40 bits per heavy atom. The van der Waals surface area contributed by atoms with E-state index in [1.54, 1.807) is 0 Å². The first-order valence-electron chi connectivity index (χ1n) is 12.2. The largest absolute Gasteiger partial charge is 0.368 e. The summed E-state index contributed by atoms with van der Waals surface area (Å²) in [5.41, 5.74) is 2.96. The van der Waals surface area contributed by atoms with Crippen LogP contribution < -0.4 is 0 Å². The quantitative estimate of drug-likeness (QED) is 0.505. The summed E-state index contributed by atoms with van der Waals surface area (Å²) >= 11 is 0. The summed E-state index contributed by atoms with van der Waals surface area (Å²) < 4.78 is 31.4. The molecule has 2 aliphatic rings. The molecule has 0 aromatic heterocycles. The molecular weight excluding hydrogens is 444 g/mol. The van der Waals surface area contributed by atoms with Crippen molar-refractivity contribution in [2.45, 2.75) is 63.1 Å². The van der Waals surface area contributed by atoms with Crippen molar-refractivity contribution in [3.05, 3.63) is 108 Å². The molecule has 0 saturated carbocycles. The topological polar surface area (TPSA) is 66.4 Å². The number of hydrogen-bond acceptors (Lipinski definition) is 6. The van der Waals surface area contributed by atoms with Crippen molar-refractivity contribution in [1.29, 1.82) is 0 Å². The molecule has 2 heterocycles. The zero-order valence-electron chi connectivity index (χ0n) is 19.9. The van der Waals surface area contributed by atoms with Crippen LogP contribution in [0.3, 0.4) is 0 Å². The SMILES string of the molecule is CC[C@]1(O)O[C@@H]2COC(c3ccccc3)O[C@H]2[C@H](OCc2ccccc2)[C@H]1OCc1ccccc1. The molecule has 2 saturated heterocycles. The van der Waals surface area contributed by atoms with Gasteiger partial charge < -0.3 is 28.8 Å². The molecule has 184 valence electrons. The van der Waals surface area contributed by atoms with Gasteiger partial charge in [-0.05, 0) is 11.1 Å². The van der Waals surface area contributed by atoms with Gasteiger partial charge in [0.15, 0.2) is 12.1 Å². The van der Waals surface area contributed by atoms with E-state index in [1.807, 2.05) is 97.9 Å². The molecule has 1 unspecified atom stereocenters. The van der Waals surface area contributed by atoms with Crippen molar-refractivity contribution in [3.63, 3.8) is 0 Å². The summed E-state index contributed by atoms with van der Waals surface area (Å²) in [7, 11) is 0. The standard InChI is InChI=1S/C29H32O6/c1-2-29(30)27(32-19-22-14-8-4-9-15-22)26(31-18-21-12-6-3-7-13-21)25-24(35-29)20-33-28(34-25)23-16-10-5-11-17-23/h3-17,24-28,30H,2,18-20H2,1H3/t24-,25-,26+,27-,28?,29+/m1/s1. The Labute approximate surface area is 206 Å². The molecule has 35 heavy (non-hydrogen) atoms. The lowest BCUT2D eigenvalue weighted by atomic mass is 9.89. The van der Waals surface area contributed by atoms with Crippen LogP contribution in [-0.2, 0) is 36.9 Å². The summed E-state index contributed by atoms with van der Waals surface area (Å²) in [4.78, 5) is 0. The molecular formula is C29H32O6. The molecule has 0 spiro atoms. The lowest BCUT2D eigenvalue weighted by molar-refractivity contribution is -0.403. The van der Waals surface area contributed by atoms with E-state index in [0.29, 0.717) is 19.6 Å². The van der Waals surface area contributed by atoms with Crippen molar-refractivity contribution >= 4 is 0 Å². The van der Waals surface area contributed by atoms with Crippen LogP contribution in [-0.4, -0.2) is 41.9 Å². The molecule has 0 radical (unpaired) electrons. The van der Waals surface area contributed by atoms with Crippen LogP contribution in [0.25, 0.3) is 0 Å². The van der Waals surface area contributed by atoms with Crippen molar-refractivity contribution in [2.75, 3.05) is 6.61 Å². The zero-order chi connectivity index (χ0) is 24.1. The molecule has 2 aliphatic heterocycles. The minimum atomic E-state index is -1.54. The van der Waals surface area contributed by atoms with Gasteiger partial charge in [0.2, 0.25) is 0 Å². The number of fused-ring (bicyclic) bond motifs is 1. The Kier molecular flexibility index (Phi) is 7.58. The monoisotopic (exact) mass is 476 g/mol. The van der Waals surface area contributed by atoms with Crippen LogP contribution in [0.15, 0.2) is 91.0 Å². The van der Waals surface area contributed by atoms with Crippen molar-refractivity contribution < 1.29 is 28.8 Å². The maximum absolute atomic E-state index is 11.6.